The second-order valence-electron chi connectivity index (χ2n) is 3.46. The summed E-state index contributed by atoms with van der Waals surface area (Å²) in [6.07, 6.45) is 5.61. The Morgan fingerprint density at radius 1 is 1.57 bits per heavy atom. The van der Waals surface area contributed by atoms with Crippen LogP contribution < -0.4 is 5.32 Å². The van der Waals surface area contributed by atoms with Gasteiger partial charge in [-0.1, -0.05) is 18.5 Å². The fourth-order valence-corrected chi connectivity index (χ4v) is 1.64. The first-order valence-electron chi connectivity index (χ1n) is 5.05. The summed E-state index contributed by atoms with van der Waals surface area (Å²) in [5, 5.41) is 4.15. The van der Waals surface area contributed by atoms with Crippen LogP contribution in [0.2, 0.25) is 5.02 Å². The molecule has 1 heterocycles. The van der Waals surface area contributed by atoms with Gasteiger partial charge in [-0.2, -0.15) is 0 Å². The number of aryl methyl sites for hydroxylation is 1. The summed E-state index contributed by atoms with van der Waals surface area (Å²) >= 11 is 6.00. The SMILES string of the molecule is CCNC(C)CCc1ccncc1Cl. The van der Waals surface area contributed by atoms with Gasteiger partial charge in [0.15, 0.2) is 0 Å². The molecule has 78 valence electrons. The number of hydrogen-bond donors (Lipinski definition) is 1. The van der Waals surface area contributed by atoms with Crippen molar-refractivity contribution >= 4 is 11.6 Å². The highest BCUT2D eigenvalue weighted by Crippen LogP contribution is 2.15. The maximum atomic E-state index is 6.00. The first-order valence-corrected chi connectivity index (χ1v) is 5.43. The summed E-state index contributed by atoms with van der Waals surface area (Å²) in [5.74, 6) is 0. The average molecular weight is 213 g/mol. The highest BCUT2D eigenvalue weighted by molar-refractivity contribution is 6.31. The number of halogens is 1. The molecule has 0 saturated heterocycles. The standard InChI is InChI=1S/C11H17ClN2/c1-3-14-9(2)4-5-10-6-7-13-8-11(10)12/h6-9,14H,3-5H2,1-2H3. The van der Waals surface area contributed by atoms with Crippen LogP contribution in [0.5, 0.6) is 0 Å². The van der Waals surface area contributed by atoms with Crippen LogP contribution in [0.1, 0.15) is 25.8 Å². The number of aromatic nitrogens is 1. The Balaban J connectivity index is 2.41. The molecule has 0 aliphatic rings. The fraction of sp³-hybridized carbons (Fsp3) is 0.545. The number of rotatable bonds is 5. The first-order chi connectivity index (χ1) is 6.74. The van der Waals surface area contributed by atoms with Crippen LogP contribution in [0.25, 0.3) is 0 Å². The van der Waals surface area contributed by atoms with Gasteiger partial charge in [0.2, 0.25) is 0 Å². The third kappa shape index (κ3) is 3.64. The maximum Gasteiger partial charge on any atom is 0.0621 e. The van der Waals surface area contributed by atoms with Crippen molar-refractivity contribution in [2.24, 2.45) is 0 Å². The molecule has 1 aromatic heterocycles. The molecule has 0 aromatic carbocycles. The molecule has 0 amide bonds. The number of nitrogens with one attached hydrogen (secondary N) is 1. The third-order valence-corrected chi connectivity index (χ3v) is 2.60. The Kier molecular flexibility index (Phi) is 4.91. The summed E-state index contributed by atoms with van der Waals surface area (Å²) in [5.41, 5.74) is 1.19. The topological polar surface area (TPSA) is 24.9 Å². The third-order valence-electron chi connectivity index (χ3n) is 2.26. The van der Waals surface area contributed by atoms with E-state index in [1.165, 1.54) is 5.56 Å². The zero-order chi connectivity index (χ0) is 10.4. The Morgan fingerprint density at radius 2 is 2.36 bits per heavy atom. The van der Waals surface area contributed by atoms with Gasteiger partial charge in [-0.05, 0) is 37.9 Å². The smallest absolute Gasteiger partial charge is 0.0621 e. The molecule has 0 spiro atoms. The van der Waals surface area contributed by atoms with Gasteiger partial charge in [0.25, 0.3) is 0 Å². The van der Waals surface area contributed by atoms with E-state index in [9.17, 15) is 0 Å². The highest BCUT2D eigenvalue weighted by atomic mass is 35.5. The minimum atomic E-state index is 0.546. The zero-order valence-electron chi connectivity index (χ0n) is 8.76. The van der Waals surface area contributed by atoms with Gasteiger partial charge in [-0.25, -0.2) is 0 Å². The molecule has 1 atom stereocenters. The van der Waals surface area contributed by atoms with E-state index in [2.05, 4.69) is 24.1 Å². The van der Waals surface area contributed by atoms with Crippen molar-refractivity contribution < 1.29 is 0 Å². The van der Waals surface area contributed by atoms with E-state index in [0.29, 0.717) is 6.04 Å². The van der Waals surface area contributed by atoms with E-state index >= 15 is 0 Å². The minimum absolute atomic E-state index is 0.546. The predicted molar refractivity (Wildman–Crippen MR) is 60.7 cm³/mol. The first kappa shape index (κ1) is 11.5. The Morgan fingerprint density at radius 3 is 3.00 bits per heavy atom. The van der Waals surface area contributed by atoms with Gasteiger partial charge in [-0.15, -0.1) is 0 Å². The van der Waals surface area contributed by atoms with Gasteiger partial charge < -0.3 is 5.32 Å². The van der Waals surface area contributed by atoms with Crippen LogP contribution in [-0.4, -0.2) is 17.6 Å². The fourth-order valence-electron chi connectivity index (χ4n) is 1.43. The lowest BCUT2D eigenvalue weighted by molar-refractivity contribution is 0.530. The molecule has 0 bridgehead atoms. The van der Waals surface area contributed by atoms with Gasteiger partial charge in [-0.3, -0.25) is 4.98 Å². The summed E-state index contributed by atoms with van der Waals surface area (Å²) in [6.45, 7) is 5.33. The number of nitrogens with zero attached hydrogens (tertiary/aromatic N) is 1. The molecule has 1 unspecified atom stereocenters. The largest absolute Gasteiger partial charge is 0.315 e. The molecular weight excluding hydrogens is 196 g/mol. The average Bonchev–Trinajstić information content (AvgIpc) is 2.17. The quantitative estimate of drug-likeness (QED) is 0.812. The van der Waals surface area contributed by atoms with Crippen molar-refractivity contribution in [3.05, 3.63) is 29.0 Å². The molecule has 1 aromatic rings. The maximum absolute atomic E-state index is 6.00. The second kappa shape index (κ2) is 5.99. The van der Waals surface area contributed by atoms with Crippen LogP contribution in [-0.2, 0) is 6.42 Å². The molecule has 3 heteroatoms. The van der Waals surface area contributed by atoms with Crippen LogP contribution in [0.3, 0.4) is 0 Å². The summed E-state index contributed by atoms with van der Waals surface area (Å²) in [7, 11) is 0. The lowest BCUT2D eigenvalue weighted by Crippen LogP contribution is -2.25. The number of pyridine rings is 1. The van der Waals surface area contributed by atoms with E-state index < -0.39 is 0 Å². The Bertz CT molecular complexity index is 276. The monoisotopic (exact) mass is 212 g/mol. The van der Waals surface area contributed by atoms with Crippen molar-refractivity contribution in [2.45, 2.75) is 32.7 Å². The number of hydrogen-bond acceptors (Lipinski definition) is 2. The van der Waals surface area contributed by atoms with Crippen LogP contribution >= 0.6 is 11.6 Å². The molecule has 0 aliphatic carbocycles. The molecule has 0 radical (unpaired) electrons. The lowest BCUT2D eigenvalue weighted by Gasteiger charge is -2.12. The summed E-state index contributed by atoms with van der Waals surface area (Å²) in [6, 6.07) is 2.53. The van der Waals surface area contributed by atoms with Crippen LogP contribution in [0, 0.1) is 0 Å². The highest BCUT2D eigenvalue weighted by Gasteiger charge is 2.03. The van der Waals surface area contributed by atoms with Gasteiger partial charge in [0.1, 0.15) is 0 Å². The van der Waals surface area contributed by atoms with Crippen molar-refractivity contribution in [3.63, 3.8) is 0 Å². The van der Waals surface area contributed by atoms with Crippen LogP contribution in [0.15, 0.2) is 18.5 Å². The lowest BCUT2D eigenvalue weighted by atomic mass is 10.1. The minimum Gasteiger partial charge on any atom is -0.315 e. The molecule has 1 rings (SSSR count). The van der Waals surface area contributed by atoms with Gasteiger partial charge in [0.05, 0.1) is 5.02 Å². The van der Waals surface area contributed by atoms with Crippen LogP contribution in [0.4, 0.5) is 0 Å². The molecule has 1 N–H and O–H groups in total. The molecule has 0 fully saturated rings. The van der Waals surface area contributed by atoms with Crippen molar-refractivity contribution in [1.29, 1.82) is 0 Å². The van der Waals surface area contributed by atoms with E-state index in [4.69, 9.17) is 11.6 Å². The van der Waals surface area contributed by atoms with E-state index in [-0.39, 0.29) is 0 Å². The molecule has 14 heavy (non-hydrogen) atoms. The normalized spacial score (nSPS) is 12.8. The van der Waals surface area contributed by atoms with Crippen molar-refractivity contribution in [2.75, 3.05) is 6.54 Å². The molecular formula is C11H17ClN2. The van der Waals surface area contributed by atoms with Gasteiger partial charge in [0, 0.05) is 18.4 Å². The van der Waals surface area contributed by atoms with Crippen molar-refractivity contribution in [1.82, 2.24) is 10.3 Å². The van der Waals surface area contributed by atoms with E-state index in [1.54, 1.807) is 12.4 Å². The molecule has 0 saturated carbocycles. The zero-order valence-corrected chi connectivity index (χ0v) is 9.51. The van der Waals surface area contributed by atoms with Crippen molar-refractivity contribution in [3.8, 4) is 0 Å². The van der Waals surface area contributed by atoms with E-state index in [0.717, 1.165) is 24.4 Å². The van der Waals surface area contributed by atoms with E-state index in [1.807, 2.05) is 6.07 Å². The molecule has 2 nitrogen and oxygen atoms in total. The Hall–Kier alpha value is -0.600. The predicted octanol–water partition coefficient (Wildman–Crippen LogP) is 2.67. The summed E-state index contributed by atoms with van der Waals surface area (Å²) in [4.78, 5) is 3.96. The molecule has 0 aliphatic heterocycles. The summed E-state index contributed by atoms with van der Waals surface area (Å²) < 4.78 is 0. The second-order valence-corrected chi connectivity index (χ2v) is 3.87. The Labute approximate surface area is 90.7 Å². The van der Waals surface area contributed by atoms with Gasteiger partial charge >= 0.3 is 0 Å².